The molecule has 0 bridgehead atoms. The molecule has 1 saturated carbocycles. The Morgan fingerprint density at radius 3 is 2.18 bits per heavy atom. The zero-order valence-electron chi connectivity index (χ0n) is 17.0. The molecule has 148 valence electrons. The van der Waals surface area contributed by atoms with Crippen LogP contribution in [-0.4, -0.2) is 16.8 Å². The van der Waals surface area contributed by atoms with Crippen molar-refractivity contribution in [3.63, 3.8) is 0 Å². The van der Waals surface area contributed by atoms with Gasteiger partial charge < -0.3 is 10.6 Å². The Balaban J connectivity index is 1.63. The summed E-state index contributed by atoms with van der Waals surface area (Å²) in [6.07, 6.45) is 2.30. The van der Waals surface area contributed by atoms with Crippen LogP contribution in [0.5, 0.6) is 0 Å². The number of nitrogens with zero attached hydrogens (tertiary/aromatic N) is 1. The van der Waals surface area contributed by atoms with Gasteiger partial charge in [-0.1, -0.05) is 52.0 Å². The molecule has 0 aliphatic heterocycles. The van der Waals surface area contributed by atoms with Gasteiger partial charge in [0.05, 0.1) is 24.1 Å². The molecule has 2 atom stereocenters. The molecule has 5 heteroatoms. The van der Waals surface area contributed by atoms with Crippen molar-refractivity contribution in [3.8, 4) is 0 Å². The monoisotopic (exact) mass is 379 g/mol. The molecule has 2 unspecified atom stereocenters. The lowest BCUT2D eigenvalue weighted by molar-refractivity contribution is -0.125. The van der Waals surface area contributed by atoms with Crippen molar-refractivity contribution in [2.24, 2.45) is 11.8 Å². The predicted molar refractivity (Wildman–Crippen MR) is 111 cm³/mol. The van der Waals surface area contributed by atoms with Gasteiger partial charge >= 0.3 is 0 Å². The lowest BCUT2D eigenvalue weighted by Gasteiger charge is -2.20. The van der Waals surface area contributed by atoms with E-state index >= 15 is 0 Å². The lowest BCUT2D eigenvalue weighted by atomic mass is 9.92. The van der Waals surface area contributed by atoms with Gasteiger partial charge in [0.15, 0.2) is 0 Å². The molecule has 0 radical (unpaired) electrons. The van der Waals surface area contributed by atoms with Crippen LogP contribution in [0.1, 0.15) is 62.8 Å². The average Bonchev–Trinajstić information content (AvgIpc) is 3.47. The van der Waals surface area contributed by atoms with Gasteiger partial charge in [0.2, 0.25) is 11.8 Å². The fourth-order valence-electron chi connectivity index (χ4n) is 3.50. The third-order valence-electron chi connectivity index (χ3n) is 5.25. The summed E-state index contributed by atoms with van der Waals surface area (Å²) >= 11 is 0. The van der Waals surface area contributed by atoms with Crippen molar-refractivity contribution in [1.29, 1.82) is 0 Å². The van der Waals surface area contributed by atoms with E-state index in [1.807, 2.05) is 24.3 Å². The van der Waals surface area contributed by atoms with E-state index in [0.717, 1.165) is 22.5 Å². The summed E-state index contributed by atoms with van der Waals surface area (Å²) in [6, 6.07) is 11.8. The molecule has 0 spiro atoms. The van der Waals surface area contributed by atoms with Crippen LogP contribution in [0.3, 0.4) is 0 Å². The second kappa shape index (κ2) is 8.55. The Bertz CT molecular complexity index is 820. The van der Waals surface area contributed by atoms with Gasteiger partial charge in [0, 0.05) is 11.9 Å². The maximum absolute atomic E-state index is 12.8. The maximum Gasteiger partial charge on any atom is 0.228 e. The van der Waals surface area contributed by atoms with Crippen LogP contribution in [-0.2, 0) is 16.1 Å². The summed E-state index contributed by atoms with van der Waals surface area (Å²) in [7, 11) is 0. The standard InChI is InChI=1S/C23H29N3O2/c1-14(2)17-9-7-10-18(15(3)4)21(17)26-23(28)20-12-19(20)22(27)25-13-16-8-5-6-11-24-16/h5-11,14-15,19-20H,12-13H2,1-4H3,(H,25,27)(H,26,28). The molecule has 28 heavy (non-hydrogen) atoms. The number of nitrogens with one attached hydrogen (secondary N) is 2. The van der Waals surface area contributed by atoms with Crippen LogP contribution in [0.4, 0.5) is 5.69 Å². The highest BCUT2D eigenvalue weighted by molar-refractivity contribution is 6.00. The molecule has 2 N–H and O–H groups in total. The van der Waals surface area contributed by atoms with E-state index in [1.165, 1.54) is 0 Å². The van der Waals surface area contributed by atoms with E-state index in [-0.39, 0.29) is 23.7 Å². The first-order valence-electron chi connectivity index (χ1n) is 9.99. The van der Waals surface area contributed by atoms with E-state index in [4.69, 9.17) is 0 Å². The molecule has 1 aliphatic rings. The molecule has 1 heterocycles. The molecular weight excluding hydrogens is 350 g/mol. The number of amides is 2. The number of pyridine rings is 1. The third kappa shape index (κ3) is 4.58. The van der Waals surface area contributed by atoms with Crippen molar-refractivity contribution in [1.82, 2.24) is 10.3 Å². The summed E-state index contributed by atoms with van der Waals surface area (Å²) in [5.74, 6) is -0.0299. The smallest absolute Gasteiger partial charge is 0.228 e. The first-order valence-corrected chi connectivity index (χ1v) is 9.99. The highest BCUT2D eigenvalue weighted by Gasteiger charge is 2.48. The summed E-state index contributed by atoms with van der Waals surface area (Å²) in [5.41, 5.74) is 4.00. The van der Waals surface area contributed by atoms with E-state index in [2.05, 4.69) is 55.4 Å². The number of hydrogen-bond acceptors (Lipinski definition) is 3. The Morgan fingerprint density at radius 1 is 0.964 bits per heavy atom. The van der Waals surface area contributed by atoms with Gasteiger partial charge in [0.1, 0.15) is 0 Å². The average molecular weight is 380 g/mol. The Morgan fingerprint density at radius 2 is 1.61 bits per heavy atom. The van der Waals surface area contributed by atoms with Crippen LogP contribution in [0.15, 0.2) is 42.6 Å². The second-order valence-corrected chi connectivity index (χ2v) is 8.10. The third-order valence-corrected chi connectivity index (χ3v) is 5.25. The number of carbonyl (C=O) groups is 2. The van der Waals surface area contributed by atoms with E-state index < -0.39 is 0 Å². The first-order chi connectivity index (χ1) is 13.4. The number of anilines is 1. The molecular formula is C23H29N3O2. The minimum atomic E-state index is -0.260. The molecule has 1 aliphatic carbocycles. The number of para-hydroxylation sites is 1. The molecule has 5 nitrogen and oxygen atoms in total. The predicted octanol–water partition coefficient (Wildman–Crippen LogP) is 4.22. The minimum absolute atomic E-state index is 0.0620. The zero-order chi connectivity index (χ0) is 20.3. The fraction of sp³-hybridized carbons (Fsp3) is 0.435. The lowest BCUT2D eigenvalue weighted by Crippen LogP contribution is -2.27. The summed E-state index contributed by atoms with van der Waals surface area (Å²) in [5, 5.41) is 6.02. The number of carbonyl (C=O) groups excluding carboxylic acids is 2. The second-order valence-electron chi connectivity index (χ2n) is 8.10. The quantitative estimate of drug-likeness (QED) is 0.757. The van der Waals surface area contributed by atoms with Gasteiger partial charge in [-0.25, -0.2) is 0 Å². The largest absolute Gasteiger partial charge is 0.350 e. The summed E-state index contributed by atoms with van der Waals surface area (Å²) in [4.78, 5) is 29.4. The van der Waals surface area contributed by atoms with Gasteiger partial charge in [-0.2, -0.15) is 0 Å². The van der Waals surface area contributed by atoms with Crippen molar-refractivity contribution >= 4 is 17.5 Å². The Hall–Kier alpha value is -2.69. The SMILES string of the molecule is CC(C)c1cccc(C(C)C)c1NC(=O)C1CC1C(=O)NCc1ccccn1. The van der Waals surface area contributed by atoms with Gasteiger partial charge in [0.25, 0.3) is 0 Å². The Labute approximate surface area is 167 Å². The summed E-state index contributed by atoms with van der Waals surface area (Å²) < 4.78 is 0. The highest BCUT2D eigenvalue weighted by atomic mass is 16.2. The van der Waals surface area contributed by atoms with Crippen molar-refractivity contribution in [2.45, 2.75) is 52.5 Å². The number of hydrogen-bond donors (Lipinski definition) is 2. The molecule has 1 aromatic heterocycles. The van der Waals surface area contributed by atoms with Crippen molar-refractivity contribution in [3.05, 3.63) is 59.4 Å². The van der Waals surface area contributed by atoms with Gasteiger partial charge in [-0.3, -0.25) is 14.6 Å². The minimum Gasteiger partial charge on any atom is -0.350 e. The first kappa shape index (κ1) is 20.1. The molecule has 2 amide bonds. The van der Waals surface area contributed by atoms with Gasteiger partial charge in [-0.15, -0.1) is 0 Å². The van der Waals surface area contributed by atoms with Gasteiger partial charge in [-0.05, 0) is 41.5 Å². The summed E-state index contributed by atoms with van der Waals surface area (Å²) in [6.45, 7) is 8.89. The number of rotatable bonds is 7. The highest BCUT2D eigenvalue weighted by Crippen LogP contribution is 2.41. The van der Waals surface area contributed by atoms with Crippen LogP contribution in [0, 0.1) is 11.8 Å². The molecule has 0 saturated heterocycles. The molecule has 2 aromatic rings. The van der Waals surface area contributed by atoms with Crippen molar-refractivity contribution in [2.75, 3.05) is 5.32 Å². The van der Waals surface area contributed by atoms with Crippen LogP contribution >= 0.6 is 0 Å². The zero-order valence-corrected chi connectivity index (χ0v) is 17.0. The normalized spacial score (nSPS) is 18.2. The molecule has 1 aromatic carbocycles. The molecule has 3 rings (SSSR count). The van der Waals surface area contributed by atoms with Crippen LogP contribution in [0.25, 0.3) is 0 Å². The Kier molecular flexibility index (Phi) is 6.12. The number of benzene rings is 1. The van der Waals surface area contributed by atoms with E-state index in [9.17, 15) is 9.59 Å². The van der Waals surface area contributed by atoms with Crippen LogP contribution in [0.2, 0.25) is 0 Å². The number of aromatic nitrogens is 1. The topological polar surface area (TPSA) is 71.1 Å². The van der Waals surface area contributed by atoms with Crippen molar-refractivity contribution < 1.29 is 9.59 Å². The fourth-order valence-corrected chi connectivity index (χ4v) is 3.50. The molecule has 1 fully saturated rings. The van der Waals surface area contributed by atoms with Crippen LogP contribution < -0.4 is 10.6 Å². The van der Waals surface area contributed by atoms with E-state index in [1.54, 1.807) is 6.20 Å². The maximum atomic E-state index is 12.8. The van der Waals surface area contributed by atoms with E-state index in [0.29, 0.717) is 24.8 Å².